The molecule has 0 radical (unpaired) electrons. The number of carbonyl (C=O) groups is 1. The molecule has 0 fully saturated rings. The Hall–Kier alpha value is -1.74. The Morgan fingerprint density at radius 1 is 1.05 bits per heavy atom. The van der Waals surface area contributed by atoms with Gasteiger partial charge < -0.3 is 5.32 Å². The van der Waals surface area contributed by atoms with E-state index in [2.05, 4.69) is 56.1 Å². The molecule has 0 aliphatic heterocycles. The number of carbonyl (C=O) groups excluding carboxylic acids is 1. The minimum atomic E-state index is -0.0636. The van der Waals surface area contributed by atoms with Gasteiger partial charge in [0.1, 0.15) is 0 Å². The summed E-state index contributed by atoms with van der Waals surface area (Å²) in [6.07, 6.45) is 0. The Kier molecular flexibility index (Phi) is 4.85. The molecule has 0 aliphatic rings. The third-order valence-electron chi connectivity index (χ3n) is 3.23. The van der Waals surface area contributed by atoms with Gasteiger partial charge in [0, 0.05) is 17.0 Å². The molecule has 20 heavy (non-hydrogen) atoms. The van der Waals surface area contributed by atoms with Crippen molar-refractivity contribution < 1.29 is 4.79 Å². The molecule has 2 nitrogen and oxygen atoms in total. The molecule has 0 spiro atoms. The highest BCUT2D eigenvalue weighted by Crippen LogP contribution is 2.14. The van der Waals surface area contributed by atoms with Crippen molar-refractivity contribution in [3.63, 3.8) is 0 Å². The van der Waals surface area contributed by atoms with Gasteiger partial charge in [-0.25, -0.2) is 0 Å². The number of nitrogens with one attached hydrogen (secondary N) is 1. The number of rotatable bonds is 4. The molecular weight excluding hydrogens is 266 g/mol. The lowest BCUT2D eigenvalue weighted by Gasteiger charge is -2.08. The van der Waals surface area contributed by atoms with Crippen LogP contribution in [0, 0.1) is 0 Å². The third-order valence-corrected chi connectivity index (χ3v) is 3.53. The van der Waals surface area contributed by atoms with Gasteiger partial charge in [0.05, 0.1) is 0 Å². The molecule has 0 bridgehead atoms. The average Bonchev–Trinajstić information content (AvgIpc) is 2.46. The van der Waals surface area contributed by atoms with E-state index in [0.29, 0.717) is 18.0 Å². The molecule has 1 N–H and O–H groups in total. The van der Waals surface area contributed by atoms with E-state index >= 15 is 0 Å². The molecule has 0 atom stereocenters. The van der Waals surface area contributed by atoms with Gasteiger partial charge in [0.2, 0.25) is 0 Å². The quantitative estimate of drug-likeness (QED) is 0.816. The van der Waals surface area contributed by atoms with Gasteiger partial charge in [-0.3, -0.25) is 4.79 Å². The van der Waals surface area contributed by atoms with Gasteiger partial charge in [0.25, 0.3) is 5.91 Å². The first kappa shape index (κ1) is 14.7. The highest BCUT2D eigenvalue weighted by molar-refractivity contribution is 7.80. The van der Waals surface area contributed by atoms with Crippen LogP contribution in [0.25, 0.3) is 0 Å². The molecule has 2 rings (SSSR count). The normalized spacial score (nSPS) is 10.6. The number of hydrogen-bond donors (Lipinski definition) is 2. The molecule has 0 saturated carbocycles. The summed E-state index contributed by atoms with van der Waals surface area (Å²) in [6.45, 7) is 4.88. The molecule has 2 aromatic carbocycles. The first-order chi connectivity index (χ1) is 9.56. The molecule has 0 aliphatic carbocycles. The maximum atomic E-state index is 12.0. The summed E-state index contributed by atoms with van der Waals surface area (Å²) in [5, 5.41) is 2.92. The van der Waals surface area contributed by atoms with E-state index in [4.69, 9.17) is 0 Å². The average molecular weight is 285 g/mol. The van der Waals surface area contributed by atoms with E-state index in [1.54, 1.807) is 12.1 Å². The van der Waals surface area contributed by atoms with Crippen molar-refractivity contribution in [3.8, 4) is 0 Å². The van der Waals surface area contributed by atoms with Crippen molar-refractivity contribution >= 4 is 18.5 Å². The van der Waals surface area contributed by atoms with Crippen LogP contribution in [0.3, 0.4) is 0 Å². The van der Waals surface area contributed by atoms with Crippen LogP contribution in [0.15, 0.2) is 53.4 Å². The van der Waals surface area contributed by atoms with E-state index in [1.165, 1.54) is 5.56 Å². The molecule has 0 heterocycles. The van der Waals surface area contributed by atoms with Crippen molar-refractivity contribution in [1.82, 2.24) is 5.32 Å². The molecule has 0 aromatic heterocycles. The van der Waals surface area contributed by atoms with Gasteiger partial charge in [-0.2, -0.15) is 0 Å². The Morgan fingerprint density at radius 3 is 2.20 bits per heavy atom. The summed E-state index contributed by atoms with van der Waals surface area (Å²) in [7, 11) is 0. The summed E-state index contributed by atoms with van der Waals surface area (Å²) in [5.74, 6) is 0.463. The minimum absolute atomic E-state index is 0.0636. The van der Waals surface area contributed by atoms with Crippen LogP contribution in [-0.2, 0) is 6.54 Å². The van der Waals surface area contributed by atoms with E-state index in [-0.39, 0.29) is 5.91 Å². The fraction of sp³-hybridized carbons (Fsp3) is 0.235. The molecule has 2 aromatic rings. The van der Waals surface area contributed by atoms with Crippen LogP contribution in [0.2, 0.25) is 0 Å². The summed E-state index contributed by atoms with van der Waals surface area (Å²) >= 11 is 4.20. The largest absolute Gasteiger partial charge is 0.348 e. The molecular formula is C17H19NOS. The maximum absolute atomic E-state index is 12.0. The maximum Gasteiger partial charge on any atom is 0.251 e. The molecule has 104 valence electrons. The zero-order valence-corrected chi connectivity index (χ0v) is 12.7. The van der Waals surface area contributed by atoms with Gasteiger partial charge in [-0.05, 0) is 41.3 Å². The molecule has 0 unspecified atom stereocenters. The zero-order chi connectivity index (χ0) is 14.5. The Morgan fingerprint density at radius 2 is 1.65 bits per heavy atom. The molecule has 1 amide bonds. The Balaban J connectivity index is 1.94. The third kappa shape index (κ3) is 3.87. The zero-order valence-electron chi connectivity index (χ0n) is 11.8. The van der Waals surface area contributed by atoms with Crippen LogP contribution in [-0.4, -0.2) is 5.91 Å². The van der Waals surface area contributed by atoms with Crippen molar-refractivity contribution in [2.45, 2.75) is 31.2 Å². The van der Waals surface area contributed by atoms with Crippen LogP contribution in [0.4, 0.5) is 0 Å². The van der Waals surface area contributed by atoms with E-state index < -0.39 is 0 Å². The van der Waals surface area contributed by atoms with E-state index in [0.717, 1.165) is 10.5 Å². The number of hydrogen-bond acceptors (Lipinski definition) is 2. The highest BCUT2D eigenvalue weighted by atomic mass is 32.1. The molecule has 0 saturated heterocycles. The summed E-state index contributed by atoms with van der Waals surface area (Å²) in [4.78, 5) is 12.8. The van der Waals surface area contributed by atoms with Gasteiger partial charge in [-0.1, -0.05) is 38.1 Å². The van der Waals surface area contributed by atoms with Gasteiger partial charge >= 0.3 is 0 Å². The van der Waals surface area contributed by atoms with Crippen molar-refractivity contribution in [1.29, 1.82) is 0 Å². The Bertz CT molecular complexity index is 573. The fourth-order valence-corrected chi connectivity index (χ4v) is 2.07. The standard InChI is InChI=1S/C17H19NOS/c1-12(2)14-5-3-13(4-6-14)11-18-17(19)15-7-9-16(20)10-8-15/h3-10,12,20H,11H2,1-2H3,(H,18,19). The monoisotopic (exact) mass is 285 g/mol. The Labute approximate surface area is 125 Å². The minimum Gasteiger partial charge on any atom is -0.348 e. The lowest BCUT2D eigenvalue weighted by molar-refractivity contribution is 0.0951. The smallest absolute Gasteiger partial charge is 0.251 e. The predicted octanol–water partition coefficient (Wildman–Crippen LogP) is 4.03. The van der Waals surface area contributed by atoms with Crippen LogP contribution in [0.5, 0.6) is 0 Å². The SMILES string of the molecule is CC(C)c1ccc(CNC(=O)c2ccc(S)cc2)cc1. The van der Waals surface area contributed by atoms with Crippen LogP contribution < -0.4 is 5.32 Å². The second-order valence-corrected chi connectivity index (χ2v) is 5.64. The number of thiol groups is 1. The lowest BCUT2D eigenvalue weighted by Crippen LogP contribution is -2.22. The van der Waals surface area contributed by atoms with Crippen LogP contribution in [0.1, 0.15) is 41.3 Å². The van der Waals surface area contributed by atoms with Gasteiger partial charge in [-0.15, -0.1) is 12.6 Å². The van der Waals surface area contributed by atoms with Crippen LogP contribution >= 0.6 is 12.6 Å². The highest BCUT2D eigenvalue weighted by Gasteiger charge is 2.05. The molecule has 3 heteroatoms. The fourth-order valence-electron chi connectivity index (χ4n) is 1.92. The number of benzene rings is 2. The second-order valence-electron chi connectivity index (χ2n) is 5.13. The van der Waals surface area contributed by atoms with E-state index in [9.17, 15) is 4.79 Å². The summed E-state index contributed by atoms with van der Waals surface area (Å²) in [6, 6.07) is 15.5. The lowest BCUT2D eigenvalue weighted by atomic mass is 10.0. The predicted molar refractivity (Wildman–Crippen MR) is 85.4 cm³/mol. The van der Waals surface area contributed by atoms with Gasteiger partial charge in [0.15, 0.2) is 0 Å². The van der Waals surface area contributed by atoms with E-state index in [1.807, 2.05) is 12.1 Å². The van der Waals surface area contributed by atoms with Crippen molar-refractivity contribution in [2.75, 3.05) is 0 Å². The summed E-state index contributed by atoms with van der Waals surface area (Å²) in [5.41, 5.74) is 3.07. The van der Waals surface area contributed by atoms with Crippen molar-refractivity contribution in [3.05, 3.63) is 65.2 Å². The summed E-state index contributed by atoms with van der Waals surface area (Å²) < 4.78 is 0. The topological polar surface area (TPSA) is 29.1 Å². The second kappa shape index (κ2) is 6.62. The van der Waals surface area contributed by atoms with Crippen molar-refractivity contribution in [2.24, 2.45) is 0 Å². The first-order valence-corrected chi connectivity index (χ1v) is 7.17. The number of amides is 1. The first-order valence-electron chi connectivity index (χ1n) is 6.72.